The summed E-state index contributed by atoms with van der Waals surface area (Å²) >= 11 is 1.60. The standard InChI is InChI=1S/C13H16N2O2S/c1-8-13(18-12(7-14)15-8)9-4-10(16-2)6-11(5-9)17-3/h4-6H,7,14H2,1-3H3. The molecule has 0 aliphatic rings. The molecule has 1 heterocycles. The van der Waals surface area contributed by atoms with E-state index in [2.05, 4.69) is 4.98 Å². The number of methoxy groups -OCH3 is 2. The third-order valence-corrected chi connectivity index (χ3v) is 3.86. The Bertz CT molecular complexity index is 530. The van der Waals surface area contributed by atoms with Crippen LogP contribution in [0.2, 0.25) is 0 Å². The van der Waals surface area contributed by atoms with Crippen LogP contribution in [-0.4, -0.2) is 19.2 Å². The van der Waals surface area contributed by atoms with Crippen molar-refractivity contribution in [3.05, 3.63) is 28.9 Å². The molecule has 2 aromatic rings. The maximum absolute atomic E-state index is 5.62. The molecule has 4 nitrogen and oxygen atoms in total. The predicted molar refractivity (Wildman–Crippen MR) is 73.3 cm³/mol. The lowest BCUT2D eigenvalue weighted by Crippen LogP contribution is -1.94. The number of benzene rings is 1. The van der Waals surface area contributed by atoms with Gasteiger partial charge in [0.05, 0.1) is 24.8 Å². The van der Waals surface area contributed by atoms with Gasteiger partial charge in [0.15, 0.2) is 0 Å². The van der Waals surface area contributed by atoms with Crippen molar-refractivity contribution in [3.63, 3.8) is 0 Å². The van der Waals surface area contributed by atoms with Crippen molar-refractivity contribution < 1.29 is 9.47 Å². The zero-order valence-corrected chi connectivity index (χ0v) is 11.5. The summed E-state index contributed by atoms with van der Waals surface area (Å²) in [5.41, 5.74) is 7.65. The number of ether oxygens (including phenoxy) is 2. The van der Waals surface area contributed by atoms with Gasteiger partial charge >= 0.3 is 0 Å². The molecule has 0 aliphatic heterocycles. The number of aryl methyl sites for hydroxylation is 1. The third-order valence-electron chi connectivity index (χ3n) is 2.63. The predicted octanol–water partition coefficient (Wildman–Crippen LogP) is 2.59. The first kappa shape index (κ1) is 12.9. The quantitative estimate of drug-likeness (QED) is 0.922. The summed E-state index contributed by atoms with van der Waals surface area (Å²) in [5.74, 6) is 1.54. The van der Waals surface area contributed by atoms with Gasteiger partial charge < -0.3 is 15.2 Å². The molecule has 5 heteroatoms. The fraction of sp³-hybridized carbons (Fsp3) is 0.308. The van der Waals surface area contributed by atoms with Crippen LogP contribution in [0.3, 0.4) is 0 Å². The molecular weight excluding hydrogens is 248 g/mol. The van der Waals surface area contributed by atoms with E-state index < -0.39 is 0 Å². The molecule has 0 spiro atoms. The summed E-state index contributed by atoms with van der Waals surface area (Å²) in [6.45, 7) is 2.45. The molecule has 0 amide bonds. The normalized spacial score (nSPS) is 10.4. The first-order valence-corrected chi connectivity index (χ1v) is 6.39. The van der Waals surface area contributed by atoms with Crippen molar-refractivity contribution in [2.75, 3.05) is 14.2 Å². The Morgan fingerprint density at radius 1 is 1.17 bits per heavy atom. The van der Waals surface area contributed by atoms with Crippen LogP contribution in [0.25, 0.3) is 10.4 Å². The molecule has 18 heavy (non-hydrogen) atoms. The van der Waals surface area contributed by atoms with Crippen molar-refractivity contribution in [2.24, 2.45) is 5.73 Å². The van der Waals surface area contributed by atoms with Crippen LogP contribution in [0.5, 0.6) is 11.5 Å². The second kappa shape index (κ2) is 5.37. The van der Waals surface area contributed by atoms with Gasteiger partial charge in [-0.15, -0.1) is 11.3 Å². The Morgan fingerprint density at radius 3 is 2.22 bits per heavy atom. The minimum atomic E-state index is 0.465. The lowest BCUT2D eigenvalue weighted by Gasteiger charge is -2.07. The van der Waals surface area contributed by atoms with Gasteiger partial charge in [0.2, 0.25) is 0 Å². The largest absolute Gasteiger partial charge is 0.497 e. The lowest BCUT2D eigenvalue weighted by atomic mass is 10.1. The molecule has 0 atom stereocenters. The van der Waals surface area contributed by atoms with Crippen molar-refractivity contribution in [1.29, 1.82) is 0 Å². The number of hydrogen-bond donors (Lipinski definition) is 1. The third kappa shape index (κ3) is 2.47. The Hall–Kier alpha value is -1.59. The molecule has 0 aliphatic carbocycles. The number of nitrogens with zero attached hydrogens (tertiary/aromatic N) is 1. The van der Waals surface area contributed by atoms with Crippen molar-refractivity contribution >= 4 is 11.3 Å². The second-order valence-electron chi connectivity index (χ2n) is 3.83. The van der Waals surface area contributed by atoms with Crippen molar-refractivity contribution in [3.8, 4) is 21.9 Å². The van der Waals surface area contributed by atoms with Gasteiger partial charge in [-0.1, -0.05) is 0 Å². The molecule has 0 bridgehead atoms. The summed E-state index contributed by atoms with van der Waals surface area (Å²) < 4.78 is 10.5. The van der Waals surface area contributed by atoms with E-state index in [1.165, 1.54) is 0 Å². The van der Waals surface area contributed by atoms with Gasteiger partial charge in [-0.25, -0.2) is 4.98 Å². The minimum absolute atomic E-state index is 0.465. The van der Waals surface area contributed by atoms with E-state index in [1.54, 1.807) is 25.6 Å². The van der Waals surface area contributed by atoms with Gasteiger partial charge in [-0.2, -0.15) is 0 Å². The zero-order chi connectivity index (χ0) is 13.1. The summed E-state index contributed by atoms with van der Waals surface area (Å²) in [6.07, 6.45) is 0. The highest BCUT2D eigenvalue weighted by Crippen LogP contribution is 2.35. The Labute approximate surface area is 110 Å². The van der Waals surface area contributed by atoms with E-state index in [4.69, 9.17) is 15.2 Å². The molecule has 96 valence electrons. The molecule has 0 saturated heterocycles. The molecule has 2 rings (SSSR count). The highest BCUT2D eigenvalue weighted by atomic mass is 32.1. The Kier molecular flexibility index (Phi) is 3.84. The molecule has 1 aromatic heterocycles. The molecule has 2 N–H and O–H groups in total. The molecule has 0 fully saturated rings. The highest BCUT2D eigenvalue weighted by molar-refractivity contribution is 7.15. The van der Waals surface area contributed by atoms with Crippen LogP contribution in [0.4, 0.5) is 0 Å². The first-order chi connectivity index (χ1) is 8.67. The zero-order valence-electron chi connectivity index (χ0n) is 10.7. The van der Waals surface area contributed by atoms with E-state index in [-0.39, 0.29) is 0 Å². The average Bonchev–Trinajstić information content (AvgIpc) is 2.79. The highest BCUT2D eigenvalue weighted by Gasteiger charge is 2.11. The Balaban J connectivity index is 2.51. The van der Waals surface area contributed by atoms with Crippen LogP contribution in [-0.2, 0) is 6.54 Å². The van der Waals surface area contributed by atoms with E-state index in [9.17, 15) is 0 Å². The fourth-order valence-electron chi connectivity index (χ4n) is 1.75. The van der Waals surface area contributed by atoms with Gasteiger partial charge in [0.25, 0.3) is 0 Å². The molecule has 0 unspecified atom stereocenters. The van der Waals surface area contributed by atoms with Crippen LogP contribution in [0, 0.1) is 6.92 Å². The van der Waals surface area contributed by atoms with E-state index >= 15 is 0 Å². The molecular formula is C13H16N2O2S. The maximum Gasteiger partial charge on any atom is 0.123 e. The second-order valence-corrected chi connectivity index (χ2v) is 4.91. The SMILES string of the molecule is COc1cc(OC)cc(-c2sc(CN)nc2C)c1. The number of rotatable bonds is 4. The van der Waals surface area contributed by atoms with E-state index in [1.807, 2.05) is 25.1 Å². The minimum Gasteiger partial charge on any atom is -0.497 e. The summed E-state index contributed by atoms with van der Waals surface area (Å²) in [5, 5.41) is 0.935. The smallest absolute Gasteiger partial charge is 0.123 e. The molecule has 1 aromatic carbocycles. The van der Waals surface area contributed by atoms with Crippen molar-refractivity contribution in [1.82, 2.24) is 4.98 Å². The lowest BCUT2D eigenvalue weighted by molar-refractivity contribution is 0.394. The van der Waals surface area contributed by atoms with E-state index in [0.29, 0.717) is 6.54 Å². The van der Waals surface area contributed by atoms with Crippen LogP contribution >= 0.6 is 11.3 Å². The number of thiazole rings is 1. The monoisotopic (exact) mass is 264 g/mol. The average molecular weight is 264 g/mol. The van der Waals surface area contributed by atoms with Crippen LogP contribution < -0.4 is 15.2 Å². The first-order valence-electron chi connectivity index (χ1n) is 5.57. The topological polar surface area (TPSA) is 57.4 Å². The number of hydrogen-bond acceptors (Lipinski definition) is 5. The maximum atomic E-state index is 5.62. The van der Waals surface area contributed by atoms with Crippen LogP contribution in [0.1, 0.15) is 10.7 Å². The van der Waals surface area contributed by atoms with Gasteiger partial charge in [0.1, 0.15) is 16.5 Å². The molecule has 0 radical (unpaired) electrons. The Morgan fingerprint density at radius 2 is 1.78 bits per heavy atom. The van der Waals surface area contributed by atoms with E-state index in [0.717, 1.165) is 32.6 Å². The summed E-state index contributed by atoms with van der Waals surface area (Å²) in [6, 6.07) is 5.80. The fourth-order valence-corrected chi connectivity index (χ4v) is 2.68. The van der Waals surface area contributed by atoms with Crippen molar-refractivity contribution in [2.45, 2.75) is 13.5 Å². The number of aromatic nitrogens is 1. The van der Waals surface area contributed by atoms with Gasteiger partial charge in [-0.3, -0.25) is 0 Å². The molecule has 0 saturated carbocycles. The summed E-state index contributed by atoms with van der Waals surface area (Å²) in [4.78, 5) is 5.53. The van der Waals surface area contributed by atoms with Gasteiger partial charge in [-0.05, 0) is 19.1 Å². The number of nitrogens with two attached hydrogens (primary N) is 1. The van der Waals surface area contributed by atoms with Crippen LogP contribution in [0.15, 0.2) is 18.2 Å². The van der Waals surface area contributed by atoms with Gasteiger partial charge in [0, 0.05) is 18.2 Å². The summed E-state index contributed by atoms with van der Waals surface area (Å²) in [7, 11) is 3.28.